The molecule has 0 spiro atoms. The van der Waals surface area contributed by atoms with Gasteiger partial charge in [-0.1, -0.05) is 60.7 Å². The second-order valence-corrected chi connectivity index (χ2v) is 7.77. The standard InChI is InChI=1S/C26H22N4O2/c1-30-16-18(14-28-30)25(31)15-27-26(32)22-13-24(29-23-12-5-4-10-21(22)23)20-11-6-8-17-7-2-3-9-19(17)20/h2-14,16,25,31H,15H2,1H3,(H,27,32). The monoisotopic (exact) mass is 422 g/mol. The van der Waals surface area contributed by atoms with Crippen LogP contribution in [-0.2, 0) is 7.05 Å². The number of amides is 1. The molecule has 158 valence electrons. The topological polar surface area (TPSA) is 80.0 Å². The zero-order valence-electron chi connectivity index (χ0n) is 17.6. The number of hydrogen-bond donors (Lipinski definition) is 2. The van der Waals surface area contributed by atoms with E-state index < -0.39 is 6.10 Å². The van der Waals surface area contributed by atoms with Crippen LogP contribution in [0.5, 0.6) is 0 Å². The van der Waals surface area contributed by atoms with Crippen molar-refractivity contribution in [2.45, 2.75) is 6.10 Å². The van der Waals surface area contributed by atoms with Crippen molar-refractivity contribution in [1.82, 2.24) is 20.1 Å². The van der Waals surface area contributed by atoms with E-state index >= 15 is 0 Å². The lowest BCUT2D eigenvalue weighted by Crippen LogP contribution is -2.28. The van der Waals surface area contributed by atoms with Gasteiger partial charge in [-0.15, -0.1) is 0 Å². The number of nitrogens with one attached hydrogen (secondary N) is 1. The Morgan fingerprint density at radius 3 is 2.59 bits per heavy atom. The summed E-state index contributed by atoms with van der Waals surface area (Å²) in [5, 5.41) is 20.3. The molecule has 0 saturated carbocycles. The van der Waals surface area contributed by atoms with Gasteiger partial charge in [0.25, 0.3) is 5.91 Å². The number of rotatable bonds is 5. The van der Waals surface area contributed by atoms with Gasteiger partial charge in [-0.2, -0.15) is 5.10 Å². The molecule has 1 amide bonds. The Balaban J connectivity index is 1.53. The minimum Gasteiger partial charge on any atom is -0.386 e. The van der Waals surface area contributed by atoms with Gasteiger partial charge in [-0.05, 0) is 22.9 Å². The summed E-state index contributed by atoms with van der Waals surface area (Å²) in [6, 6.07) is 23.6. The van der Waals surface area contributed by atoms with Gasteiger partial charge in [0.1, 0.15) is 0 Å². The van der Waals surface area contributed by atoms with Gasteiger partial charge < -0.3 is 10.4 Å². The number of nitrogens with zero attached hydrogens (tertiary/aromatic N) is 3. The van der Waals surface area contributed by atoms with Crippen LogP contribution in [0.3, 0.4) is 0 Å². The van der Waals surface area contributed by atoms with Gasteiger partial charge in [0.15, 0.2) is 0 Å². The van der Waals surface area contributed by atoms with E-state index in [9.17, 15) is 9.90 Å². The first-order chi connectivity index (χ1) is 15.6. The second kappa shape index (κ2) is 8.24. The van der Waals surface area contributed by atoms with E-state index in [4.69, 9.17) is 4.98 Å². The van der Waals surface area contributed by atoms with Crippen LogP contribution in [0.4, 0.5) is 0 Å². The molecule has 0 fully saturated rings. The van der Waals surface area contributed by atoms with Gasteiger partial charge in [0.05, 0.1) is 29.1 Å². The molecule has 6 heteroatoms. The Morgan fingerprint density at radius 1 is 1.03 bits per heavy atom. The number of carbonyl (C=O) groups is 1. The predicted molar refractivity (Wildman–Crippen MR) is 125 cm³/mol. The number of aryl methyl sites for hydroxylation is 1. The first-order valence-corrected chi connectivity index (χ1v) is 10.4. The van der Waals surface area contributed by atoms with Crippen LogP contribution < -0.4 is 5.32 Å². The predicted octanol–water partition coefficient (Wildman–Crippen LogP) is 4.25. The number of benzene rings is 3. The van der Waals surface area contributed by atoms with Gasteiger partial charge >= 0.3 is 0 Å². The molecular weight excluding hydrogens is 400 g/mol. The van der Waals surface area contributed by atoms with Crippen molar-refractivity contribution in [3.8, 4) is 11.3 Å². The Kier molecular flexibility index (Phi) is 5.13. The Morgan fingerprint density at radius 2 is 1.78 bits per heavy atom. The molecule has 6 nitrogen and oxygen atoms in total. The summed E-state index contributed by atoms with van der Waals surface area (Å²) in [7, 11) is 1.78. The largest absolute Gasteiger partial charge is 0.386 e. The lowest BCUT2D eigenvalue weighted by Gasteiger charge is -2.13. The van der Waals surface area contributed by atoms with E-state index in [1.165, 1.54) is 0 Å². The first-order valence-electron chi connectivity index (χ1n) is 10.4. The van der Waals surface area contributed by atoms with E-state index in [1.54, 1.807) is 24.1 Å². The summed E-state index contributed by atoms with van der Waals surface area (Å²) in [5.74, 6) is -0.256. The van der Waals surface area contributed by atoms with E-state index in [0.717, 1.165) is 32.9 Å². The number of aliphatic hydroxyl groups is 1. The zero-order valence-corrected chi connectivity index (χ0v) is 17.6. The highest BCUT2D eigenvalue weighted by molar-refractivity contribution is 6.08. The van der Waals surface area contributed by atoms with Crippen molar-refractivity contribution in [3.63, 3.8) is 0 Å². The number of para-hydroxylation sites is 1. The Bertz CT molecular complexity index is 1440. The average molecular weight is 422 g/mol. The molecule has 5 rings (SSSR count). The fourth-order valence-corrected chi connectivity index (χ4v) is 3.96. The maximum atomic E-state index is 13.2. The number of aromatic nitrogens is 3. The summed E-state index contributed by atoms with van der Waals surface area (Å²) in [5.41, 5.74) is 3.63. The van der Waals surface area contributed by atoms with Gasteiger partial charge in [-0.3, -0.25) is 9.48 Å². The van der Waals surface area contributed by atoms with Crippen molar-refractivity contribution in [3.05, 3.63) is 96.3 Å². The molecule has 1 atom stereocenters. The van der Waals surface area contributed by atoms with Crippen molar-refractivity contribution >= 4 is 27.6 Å². The Labute approximate surface area is 185 Å². The molecule has 1 unspecified atom stereocenters. The highest BCUT2D eigenvalue weighted by Crippen LogP contribution is 2.30. The van der Waals surface area contributed by atoms with Crippen LogP contribution >= 0.6 is 0 Å². The normalized spacial score (nSPS) is 12.2. The molecule has 0 aliphatic carbocycles. The molecular formula is C26H22N4O2. The fourth-order valence-electron chi connectivity index (χ4n) is 3.96. The molecule has 2 heterocycles. The number of fused-ring (bicyclic) bond motifs is 2. The molecule has 2 N–H and O–H groups in total. The van der Waals surface area contributed by atoms with Crippen LogP contribution in [0.25, 0.3) is 32.9 Å². The first kappa shape index (κ1) is 19.9. The number of aliphatic hydroxyl groups excluding tert-OH is 1. The molecule has 0 aliphatic rings. The van der Waals surface area contributed by atoms with Crippen LogP contribution in [0.1, 0.15) is 22.0 Å². The van der Waals surface area contributed by atoms with Crippen molar-refractivity contribution in [2.24, 2.45) is 7.05 Å². The van der Waals surface area contributed by atoms with E-state index in [-0.39, 0.29) is 12.5 Å². The van der Waals surface area contributed by atoms with Crippen molar-refractivity contribution in [1.29, 1.82) is 0 Å². The van der Waals surface area contributed by atoms with Crippen LogP contribution in [0.15, 0.2) is 85.2 Å². The van der Waals surface area contributed by atoms with Crippen molar-refractivity contribution in [2.75, 3.05) is 6.54 Å². The third-order valence-corrected chi connectivity index (χ3v) is 5.59. The van der Waals surface area contributed by atoms with Gasteiger partial charge in [0, 0.05) is 36.3 Å². The lowest BCUT2D eigenvalue weighted by atomic mass is 9.99. The maximum absolute atomic E-state index is 13.2. The molecule has 32 heavy (non-hydrogen) atoms. The molecule has 0 bridgehead atoms. The summed E-state index contributed by atoms with van der Waals surface area (Å²) < 4.78 is 1.62. The molecule has 2 aromatic heterocycles. The molecule has 0 aliphatic heterocycles. The van der Waals surface area contributed by atoms with E-state index in [0.29, 0.717) is 11.1 Å². The number of hydrogen-bond acceptors (Lipinski definition) is 4. The smallest absolute Gasteiger partial charge is 0.252 e. The van der Waals surface area contributed by atoms with Crippen LogP contribution in [0, 0.1) is 0 Å². The molecule has 3 aromatic carbocycles. The number of pyridine rings is 1. The summed E-state index contributed by atoms with van der Waals surface area (Å²) in [6.07, 6.45) is 2.49. The fraction of sp³-hybridized carbons (Fsp3) is 0.115. The van der Waals surface area contributed by atoms with E-state index in [2.05, 4.69) is 28.6 Å². The summed E-state index contributed by atoms with van der Waals surface area (Å²) in [6.45, 7) is 0.0881. The summed E-state index contributed by atoms with van der Waals surface area (Å²) >= 11 is 0. The third-order valence-electron chi connectivity index (χ3n) is 5.59. The quantitative estimate of drug-likeness (QED) is 0.444. The minimum atomic E-state index is -0.835. The minimum absolute atomic E-state index is 0.0881. The van der Waals surface area contributed by atoms with Crippen LogP contribution in [0.2, 0.25) is 0 Å². The zero-order chi connectivity index (χ0) is 22.1. The maximum Gasteiger partial charge on any atom is 0.252 e. The summed E-state index contributed by atoms with van der Waals surface area (Å²) in [4.78, 5) is 18.0. The van der Waals surface area contributed by atoms with Gasteiger partial charge in [-0.25, -0.2) is 4.98 Å². The number of carbonyl (C=O) groups excluding carboxylic acids is 1. The van der Waals surface area contributed by atoms with Gasteiger partial charge in [0.2, 0.25) is 0 Å². The lowest BCUT2D eigenvalue weighted by molar-refractivity contribution is 0.0918. The second-order valence-electron chi connectivity index (χ2n) is 7.77. The molecule has 0 radical (unpaired) electrons. The highest BCUT2D eigenvalue weighted by atomic mass is 16.3. The molecule has 5 aromatic rings. The SMILES string of the molecule is Cn1cc(C(O)CNC(=O)c2cc(-c3cccc4ccccc34)nc3ccccc23)cn1. The average Bonchev–Trinajstić information content (AvgIpc) is 3.27. The third kappa shape index (κ3) is 3.72. The molecule has 0 saturated heterocycles. The highest BCUT2D eigenvalue weighted by Gasteiger charge is 2.17. The van der Waals surface area contributed by atoms with Crippen molar-refractivity contribution < 1.29 is 9.90 Å². The van der Waals surface area contributed by atoms with Crippen LogP contribution in [-0.4, -0.2) is 32.3 Å². The van der Waals surface area contributed by atoms with E-state index in [1.807, 2.05) is 54.6 Å². The Hall–Kier alpha value is -4.03.